The maximum Gasteiger partial charge on any atom is 0.271 e. The predicted octanol–water partition coefficient (Wildman–Crippen LogP) is 0.822. The molecule has 0 radical (unpaired) electrons. The summed E-state index contributed by atoms with van der Waals surface area (Å²) >= 11 is 0. The third kappa shape index (κ3) is 3.41. The van der Waals surface area contributed by atoms with Gasteiger partial charge in [0, 0.05) is 12.1 Å². The van der Waals surface area contributed by atoms with Crippen LogP contribution in [-0.4, -0.2) is 15.9 Å². The number of nitrogens with two attached hydrogens (primary N) is 1. The summed E-state index contributed by atoms with van der Waals surface area (Å²) in [5.41, 5.74) is 6.03. The molecule has 90 valence electrons. The van der Waals surface area contributed by atoms with E-state index >= 15 is 0 Å². The molecule has 0 bridgehead atoms. The van der Waals surface area contributed by atoms with Gasteiger partial charge in [0.1, 0.15) is 5.10 Å². The van der Waals surface area contributed by atoms with Crippen molar-refractivity contribution in [3.05, 3.63) is 44.0 Å². The Labute approximate surface area is 95.2 Å². The number of nitrogens with one attached hydrogen (secondary N) is 1. The number of anilines is 1. The quantitative estimate of drug-likeness (QED) is 0.346. The van der Waals surface area contributed by atoms with Crippen molar-refractivity contribution in [3.63, 3.8) is 0 Å². The molecule has 3 N–H and O–H groups in total. The lowest BCUT2D eigenvalue weighted by molar-refractivity contribution is -0.485. The van der Waals surface area contributed by atoms with Crippen molar-refractivity contribution in [2.75, 3.05) is 5.32 Å². The van der Waals surface area contributed by atoms with Gasteiger partial charge < -0.3 is 11.1 Å². The van der Waals surface area contributed by atoms with Gasteiger partial charge in [-0.2, -0.15) is 0 Å². The Morgan fingerprint density at radius 3 is 2.59 bits per heavy atom. The van der Waals surface area contributed by atoms with Gasteiger partial charge in [0.25, 0.3) is 11.6 Å². The maximum atomic E-state index is 10.5. The molecule has 0 spiro atoms. The zero-order chi connectivity index (χ0) is 13.0. The van der Waals surface area contributed by atoms with Crippen LogP contribution in [0.4, 0.5) is 11.4 Å². The van der Waals surface area contributed by atoms with Crippen LogP contribution in [0, 0.1) is 27.2 Å². The molecule has 0 aliphatic rings. The highest BCUT2D eigenvalue weighted by molar-refractivity contribution is 5.92. The minimum Gasteiger partial charge on any atom is -0.364 e. The molecule has 0 aliphatic carbocycles. The molecule has 0 aliphatic heterocycles. The smallest absolute Gasteiger partial charge is 0.271 e. The number of hydrazone groups is 1. The molecule has 1 aromatic rings. The normalized spacial score (nSPS) is 11.0. The molecule has 1 rings (SSSR count). The molecule has 17 heavy (non-hydrogen) atoms. The van der Waals surface area contributed by atoms with E-state index in [0.29, 0.717) is 11.3 Å². The average Bonchev–Trinajstić information content (AvgIpc) is 2.19. The number of benzene rings is 1. The first-order valence-corrected chi connectivity index (χ1v) is 4.40. The van der Waals surface area contributed by atoms with E-state index in [2.05, 4.69) is 10.4 Å². The van der Waals surface area contributed by atoms with Crippen molar-refractivity contribution < 1.29 is 9.96 Å². The second kappa shape index (κ2) is 4.88. The minimum atomic E-state index is -0.963. The van der Waals surface area contributed by atoms with Gasteiger partial charge in [-0.25, -0.2) is 10.1 Å². The molecular formula is C8H9N5O4. The van der Waals surface area contributed by atoms with Crippen LogP contribution in [-0.2, 0) is 0 Å². The van der Waals surface area contributed by atoms with Crippen molar-refractivity contribution >= 4 is 17.3 Å². The molecule has 0 fully saturated rings. The number of nitrogens with zero attached hydrogens (tertiary/aromatic N) is 3. The fourth-order valence-electron chi connectivity index (χ4n) is 1.11. The Morgan fingerprint density at radius 2 is 2.06 bits per heavy atom. The number of hydrogen-bond acceptors (Lipinski definition) is 4. The molecule has 0 amide bonds. The van der Waals surface area contributed by atoms with E-state index < -0.39 is 15.9 Å². The van der Waals surface area contributed by atoms with E-state index in [-0.39, 0.29) is 5.69 Å². The second-order valence-electron chi connectivity index (χ2n) is 3.10. The van der Waals surface area contributed by atoms with E-state index in [1.807, 2.05) is 0 Å². The van der Waals surface area contributed by atoms with Crippen LogP contribution in [0.1, 0.15) is 5.56 Å². The molecular weight excluding hydrogens is 230 g/mol. The second-order valence-corrected chi connectivity index (χ2v) is 3.10. The summed E-state index contributed by atoms with van der Waals surface area (Å²) in [5.74, 6) is -0.446. The van der Waals surface area contributed by atoms with Gasteiger partial charge >= 0.3 is 0 Å². The van der Waals surface area contributed by atoms with Gasteiger partial charge in [-0.3, -0.25) is 10.1 Å². The Hall–Kier alpha value is -2.71. The van der Waals surface area contributed by atoms with E-state index in [4.69, 9.17) is 5.73 Å². The van der Waals surface area contributed by atoms with Crippen molar-refractivity contribution in [1.29, 1.82) is 0 Å². The monoisotopic (exact) mass is 239 g/mol. The first kappa shape index (κ1) is 12.4. The molecule has 9 heteroatoms. The van der Waals surface area contributed by atoms with Gasteiger partial charge in [-0.05, 0) is 12.5 Å². The third-order valence-electron chi connectivity index (χ3n) is 1.88. The van der Waals surface area contributed by atoms with Crippen LogP contribution >= 0.6 is 0 Å². The average molecular weight is 239 g/mol. The molecule has 0 saturated carbocycles. The number of nitro groups is 2. The van der Waals surface area contributed by atoms with Gasteiger partial charge in [0.2, 0.25) is 0 Å². The predicted molar refractivity (Wildman–Crippen MR) is 60.1 cm³/mol. The lowest BCUT2D eigenvalue weighted by Crippen LogP contribution is -2.24. The van der Waals surface area contributed by atoms with Gasteiger partial charge in [0.15, 0.2) is 5.03 Å². The first-order chi connectivity index (χ1) is 7.90. The third-order valence-corrected chi connectivity index (χ3v) is 1.88. The van der Waals surface area contributed by atoms with Crippen molar-refractivity contribution in [2.45, 2.75) is 6.92 Å². The van der Waals surface area contributed by atoms with Crippen molar-refractivity contribution in [3.8, 4) is 0 Å². The van der Waals surface area contributed by atoms with Crippen molar-refractivity contribution in [2.24, 2.45) is 10.8 Å². The van der Waals surface area contributed by atoms with E-state index in [9.17, 15) is 20.2 Å². The molecule has 0 heterocycles. The Balaban J connectivity index is 3.01. The molecule has 0 unspecified atom stereocenters. The maximum absolute atomic E-state index is 10.5. The number of non-ortho nitro benzene ring substituents is 1. The lowest BCUT2D eigenvalue weighted by atomic mass is 10.2. The summed E-state index contributed by atoms with van der Waals surface area (Å²) in [7, 11) is 0. The Morgan fingerprint density at radius 1 is 1.41 bits per heavy atom. The van der Waals surface area contributed by atoms with Crippen LogP contribution in [0.3, 0.4) is 0 Å². The fraction of sp³-hybridized carbons (Fsp3) is 0.125. The van der Waals surface area contributed by atoms with Crippen LogP contribution in [0.25, 0.3) is 0 Å². The van der Waals surface area contributed by atoms with Crippen LogP contribution in [0.15, 0.2) is 23.3 Å². The lowest BCUT2D eigenvalue weighted by Gasteiger charge is -2.06. The highest BCUT2D eigenvalue weighted by atomic mass is 16.7. The first-order valence-electron chi connectivity index (χ1n) is 4.40. The number of guanidine groups is 1. The Kier molecular flexibility index (Phi) is 3.55. The molecule has 0 saturated heterocycles. The summed E-state index contributed by atoms with van der Waals surface area (Å²) in [4.78, 5) is 20.0. The van der Waals surface area contributed by atoms with E-state index in [0.717, 1.165) is 0 Å². The van der Waals surface area contributed by atoms with Crippen molar-refractivity contribution in [1.82, 2.24) is 0 Å². The summed E-state index contributed by atoms with van der Waals surface area (Å²) in [6.07, 6.45) is 0. The molecule has 0 atom stereocenters. The summed E-state index contributed by atoms with van der Waals surface area (Å²) in [6.45, 7) is 1.67. The van der Waals surface area contributed by atoms with Crippen LogP contribution in [0.2, 0.25) is 0 Å². The van der Waals surface area contributed by atoms with Gasteiger partial charge in [0.05, 0.1) is 10.6 Å². The summed E-state index contributed by atoms with van der Waals surface area (Å²) < 4.78 is 0. The molecule has 1 aromatic carbocycles. The summed E-state index contributed by atoms with van der Waals surface area (Å²) in [5, 5.41) is 24.9. The highest BCUT2D eigenvalue weighted by Crippen LogP contribution is 2.21. The standard InChI is InChI=1S/C8H9N5O4/c1-5-2-3-6(12(14)15)4-7(5)10-8(9)11-13(16)17/h2-4H,1H3,(H3,9,10,11). The van der Waals surface area contributed by atoms with Gasteiger partial charge in [-0.15, -0.1) is 0 Å². The summed E-state index contributed by atoms with van der Waals surface area (Å²) in [6, 6.07) is 4.04. The number of aryl methyl sites for hydroxylation is 1. The fourth-order valence-corrected chi connectivity index (χ4v) is 1.11. The molecule has 9 nitrogen and oxygen atoms in total. The Bertz CT molecular complexity index is 499. The van der Waals surface area contributed by atoms with E-state index in [1.165, 1.54) is 18.2 Å². The minimum absolute atomic E-state index is 0.146. The number of hydrogen-bond donors (Lipinski definition) is 2. The molecule has 0 aromatic heterocycles. The topological polar surface area (TPSA) is 137 Å². The van der Waals surface area contributed by atoms with Gasteiger partial charge in [-0.1, -0.05) is 6.07 Å². The zero-order valence-electron chi connectivity index (χ0n) is 8.78. The number of rotatable bonds is 3. The highest BCUT2D eigenvalue weighted by Gasteiger charge is 2.10. The number of nitro benzene ring substituents is 1. The largest absolute Gasteiger partial charge is 0.364 e. The van der Waals surface area contributed by atoms with Crippen LogP contribution in [0.5, 0.6) is 0 Å². The van der Waals surface area contributed by atoms with E-state index in [1.54, 1.807) is 6.92 Å². The van der Waals surface area contributed by atoms with Crippen LogP contribution < -0.4 is 11.1 Å². The SMILES string of the molecule is Cc1ccc([N+](=O)[O-])cc1NC(N)=N[N+](=O)[O-]. The zero-order valence-corrected chi connectivity index (χ0v) is 8.78.